The highest BCUT2D eigenvalue weighted by Gasteiger charge is 2.14. The van der Waals surface area contributed by atoms with Gasteiger partial charge >= 0.3 is 6.09 Å². The molecule has 0 aliphatic heterocycles. The van der Waals surface area contributed by atoms with E-state index in [9.17, 15) is 4.79 Å². The molecule has 19 heavy (non-hydrogen) atoms. The maximum absolute atomic E-state index is 11.2. The van der Waals surface area contributed by atoms with Crippen LogP contribution in [0.15, 0.2) is 5.16 Å². The molecule has 11 heteroatoms. The van der Waals surface area contributed by atoms with Crippen molar-refractivity contribution < 1.29 is 18.7 Å². The third-order valence-electron chi connectivity index (χ3n) is 1.76. The second-order valence-electron chi connectivity index (χ2n) is 2.94. The van der Waals surface area contributed by atoms with Gasteiger partial charge < -0.3 is 14.4 Å². The largest absolute Gasteiger partial charge is 0.434 e. The highest BCUT2D eigenvalue weighted by molar-refractivity contribution is 8.13. The number of amides is 1. The Morgan fingerprint density at radius 3 is 2.58 bits per heavy atom. The number of carbonyl (C=O) groups is 1. The summed E-state index contributed by atoms with van der Waals surface area (Å²) in [5, 5.41) is 6.77. The van der Waals surface area contributed by atoms with E-state index in [4.69, 9.17) is 20.9 Å². The Bertz CT molecular complexity index is 348. The van der Waals surface area contributed by atoms with Crippen LogP contribution in [0.3, 0.4) is 0 Å². The average molecular weight is 347 g/mol. The molecule has 0 unspecified atom stereocenters. The molecule has 0 radical (unpaired) electrons. The molecule has 0 spiro atoms. The third-order valence-corrected chi connectivity index (χ3v) is 6.21. The molecule has 0 saturated heterocycles. The number of oxime groups is 1. The number of nitrogens with zero attached hydrogens (tertiary/aromatic N) is 1. The van der Waals surface area contributed by atoms with Gasteiger partial charge in [-0.05, 0) is 25.0 Å². The van der Waals surface area contributed by atoms with Gasteiger partial charge in [-0.1, -0.05) is 17.1 Å². The van der Waals surface area contributed by atoms with E-state index >= 15 is 0 Å². The van der Waals surface area contributed by atoms with Crippen LogP contribution in [0, 0.1) is 0 Å². The first-order valence-corrected chi connectivity index (χ1v) is 10.1. The van der Waals surface area contributed by atoms with Crippen molar-refractivity contribution in [2.75, 3.05) is 32.6 Å². The quantitative estimate of drug-likeness (QED) is 0.101. The molecule has 0 heterocycles. The number of hydrogen-bond acceptors (Lipinski definition) is 9. The minimum Gasteiger partial charge on any atom is -0.332 e. The normalized spacial score (nSPS) is 12.3. The van der Waals surface area contributed by atoms with Crippen LogP contribution >= 0.6 is 30.2 Å². The summed E-state index contributed by atoms with van der Waals surface area (Å²) in [4.78, 5) is 15.8. The number of carbonyl (C=O) groups excluding carboxylic acids is 1. The van der Waals surface area contributed by atoms with Crippen LogP contribution in [0.5, 0.6) is 0 Å². The zero-order valence-corrected chi connectivity index (χ0v) is 14.5. The van der Waals surface area contributed by atoms with Crippen LogP contribution < -0.4 is 10.0 Å². The fraction of sp³-hybridized carbons (Fsp3) is 0.750. The summed E-state index contributed by atoms with van der Waals surface area (Å²) < 4.78 is 13.1. The smallest absolute Gasteiger partial charge is 0.332 e. The molecule has 0 fully saturated rings. The van der Waals surface area contributed by atoms with Gasteiger partial charge in [-0.15, -0.1) is 11.8 Å². The van der Waals surface area contributed by atoms with Crippen LogP contribution in [0.1, 0.15) is 6.92 Å². The molecular weight excluding hydrogens is 329 g/mol. The summed E-state index contributed by atoms with van der Waals surface area (Å²) in [6, 6.07) is 0. The van der Waals surface area contributed by atoms with Gasteiger partial charge in [0.1, 0.15) is 5.04 Å². The lowest BCUT2D eigenvalue weighted by atomic mass is 10.9. The monoisotopic (exact) mass is 347 g/mol. The van der Waals surface area contributed by atoms with Gasteiger partial charge in [-0.2, -0.15) is 0 Å². The molecule has 0 rings (SSSR count). The molecule has 7 nitrogen and oxygen atoms in total. The maximum Gasteiger partial charge on any atom is 0.434 e. The lowest BCUT2D eigenvalue weighted by molar-refractivity contribution is 0.153. The van der Waals surface area contributed by atoms with Gasteiger partial charge in [-0.25, -0.2) is 4.79 Å². The molecule has 0 saturated carbocycles. The summed E-state index contributed by atoms with van der Waals surface area (Å²) in [5.74, 6) is 0.315. The lowest BCUT2D eigenvalue weighted by Gasteiger charge is -2.17. The van der Waals surface area contributed by atoms with Gasteiger partial charge in [0.25, 0.3) is 0 Å². The van der Waals surface area contributed by atoms with E-state index in [1.54, 1.807) is 6.92 Å². The summed E-state index contributed by atoms with van der Waals surface area (Å²) in [6.45, 7) is -0.496. The lowest BCUT2D eigenvalue weighted by Crippen LogP contribution is -2.24. The van der Waals surface area contributed by atoms with Gasteiger partial charge in [-0.3, -0.25) is 9.56 Å². The van der Waals surface area contributed by atoms with Crippen molar-refractivity contribution >= 4 is 53.1 Å². The predicted molar refractivity (Wildman–Crippen MR) is 85.0 cm³/mol. The standard InChI is InChI=1S/C8H18N3O4PS3/c1-7(18-4)11-15-8(12)9-6-19-10-5-16(17,13-2)14-3/h10H,5-6H2,1-4H3,(H,9,12). The topological polar surface area (TPSA) is 81.2 Å². The van der Waals surface area contributed by atoms with Crippen molar-refractivity contribution in [3.05, 3.63) is 0 Å². The van der Waals surface area contributed by atoms with Gasteiger partial charge in [0.2, 0.25) is 6.49 Å². The van der Waals surface area contributed by atoms with E-state index in [0.717, 1.165) is 0 Å². The Morgan fingerprint density at radius 1 is 1.42 bits per heavy atom. The number of thioether (sulfide) groups is 1. The molecule has 112 valence electrons. The van der Waals surface area contributed by atoms with Crippen LogP contribution in [0.4, 0.5) is 4.79 Å². The van der Waals surface area contributed by atoms with E-state index in [0.29, 0.717) is 17.2 Å². The van der Waals surface area contributed by atoms with Crippen LogP contribution in [-0.4, -0.2) is 43.8 Å². The van der Waals surface area contributed by atoms with Gasteiger partial charge in [0.05, 0.1) is 12.2 Å². The van der Waals surface area contributed by atoms with Crippen molar-refractivity contribution in [2.24, 2.45) is 5.16 Å². The van der Waals surface area contributed by atoms with Crippen LogP contribution in [0.2, 0.25) is 0 Å². The molecule has 1 amide bonds. The maximum atomic E-state index is 11.2. The highest BCUT2D eigenvalue weighted by Crippen LogP contribution is 2.45. The van der Waals surface area contributed by atoms with E-state index < -0.39 is 12.6 Å². The van der Waals surface area contributed by atoms with E-state index in [-0.39, 0.29) is 0 Å². The van der Waals surface area contributed by atoms with Gasteiger partial charge in [0.15, 0.2) is 0 Å². The second kappa shape index (κ2) is 10.9. The summed E-state index contributed by atoms with van der Waals surface area (Å²) in [6.07, 6.45) is 1.64. The zero-order chi connectivity index (χ0) is 14.7. The van der Waals surface area contributed by atoms with Crippen molar-refractivity contribution in [3.8, 4) is 0 Å². The van der Waals surface area contributed by atoms with Gasteiger partial charge in [0, 0.05) is 14.2 Å². The van der Waals surface area contributed by atoms with E-state index in [1.165, 1.54) is 37.9 Å². The van der Waals surface area contributed by atoms with E-state index in [2.05, 4.69) is 20.0 Å². The first-order chi connectivity index (χ1) is 8.97. The number of rotatable bonds is 8. The molecule has 0 aromatic heterocycles. The highest BCUT2D eigenvalue weighted by atomic mass is 32.5. The second-order valence-corrected chi connectivity index (χ2v) is 8.74. The van der Waals surface area contributed by atoms with Crippen molar-refractivity contribution in [2.45, 2.75) is 6.92 Å². The summed E-state index contributed by atoms with van der Waals surface area (Å²) in [7, 11) is 3.02. The van der Waals surface area contributed by atoms with Crippen molar-refractivity contribution in [1.82, 2.24) is 10.0 Å². The first kappa shape index (κ1) is 19.2. The fourth-order valence-electron chi connectivity index (χ4n) is 0.650. The molecule has 0 aliphatic rings. The van der Waals surface area contributed by atoms with Crippen molar-refractivity contribution in [3.63, 3.8) is 0 Å². The number of hydrogen-bond donors (Lipinski definition) is 2. The predicted octanol–water partition coefficient (Wildman–Crippen LogP) is 2.16. The molecule has 0 bridgehead atoms. The Kier molecular flexibility index (Phi) is 11.0. The molecule has 0 aromatic rings. The third kappa shape index (κ3) is 9.67. The van der Waals surface area contributed by atoms with Crippen molar-refractivity contribution in [1.29, 1.82) is 0 Å². The Morgan fingerprint density at radius 2 is 2.05 bits per heavy atom. The average Bonchev–Trinajstić information content (AvgIpc) is 2.43. The summed E-state index contributed by atoms with van der Waals surface area (Å²) >= 11 is 7.81. The zero-order valence-electron chi connectivity index (χ0n) is 11.2. The minimum absolute atomic E-state index is 0.315. The molecule has 0 aliphatic carbocycles. The molecule has 0 aromatic carbocycles. The fourth-order valence-corrected chi connectivity index (χ4v) is 2.93. The first-order valence-electron chi connectivity index (χ1n) is 5.06. The minimum atomic E-state index is -2.24. The molecule has 0 atom stereocenters. The Hall–Kier alpha value is 0.170. The SMILES string of the molecule is COP(=S)(CNSCNC(=O)ON=C(C)SC)OC. The molecule has 2 N–H and O–H groups in total. The Labute approximate surface area is 126 Å². The van der Waals surface area contributed by atoms with Crippen LogP contribution in [-0.2, 0) is 25.7 Å². The van der Waals surface area contributed by atoms with Crippen LogP contribution in [0.25, 0.3) is 0 Å². The molecular formula is C8H18N3O4PS3. The summed E-state index contributed by atoms with van der Waals surface area (Å²) in [5.41, 5.74) is 0. The van der Waals surface area contributed by atoms with E-state index in [1.807, 2.05) is 6.26 Å². The Balaban J connectivity index is 3.70. The number of nitrogens with one attached hydrogen (secondary N) is 2.